The summed E-state index contributed by atoms with van der Waals surface area (Å²) in [6.45, 7) is 3.11. The van der Waals surface area contributed by atoms with Crippen LogP contribution in [-0.4, -0.2) is 51.7 Å². The van der Waals surface area contributed by atoms with E-state index in [1.165, 1.54) is 12.3 Å². The fraction of sp³-hybridized carbons (Fsp3) is 0.217. The second kappa shape index (κ2) is 10.1. The van der Waals surface area contributed by atoms with Crippen molar-refractivity contribution in [2.75, 3.05) is 48.9 Å². The molecule has 0 bridgehead atoms. The van der Waals surface area contributed by atoms with Crippen LogP contribution in [0.2, 0.25) is 0 Å². The number of halogens is 2. The van der Waals surface area contributed by atoms with Crippen LogP contribution in [0.25, 0.3) is 6.08 Å². The first kappa shape index (κ1) is 23.6. The van der Waals surface area contributed by atoms with Crippen LogP contribution in [-0.2, 0) is 14.6 Å². The predicted molar refractivity (Wildman–Crippen MR) is 127 cm³/mol. The van der Waals surface area contributed by atoms with Gasteiger partial charge in [-0.25, -0.2) is 22.2 Å². The lowest BCUT2D eigenvalue weighted by Gasteiger charge is -2.28. The molecule has 1 aromatic heterocycles. The van der Waals surface area contributed by atoms with Gasteiger partial charge in [0.1, 0.15) is 22.3 Å². The Morgan fingerprint density at radius 3 is 2.50 bits per heavy atom. The zero-order valence-corrected chi connectivity index (χ0v) is 19.1. The average Bonchev–Trinajstić information content (AvgIpc) is 2.84. The van der Waals surface area contributed by atoms with Gasteiger partial charge >= 0.3 is 0 Å². The van der Waals surface area contributed by atoms with E-state index in [0.29, 0.717) is 36.6 Å². The smallest absolute Gasteiger partial charge is 0.229 e. The van der Waals surface area contributed by atoms with Crippen molar-refractivity contribution in [3.8, 4) is 0 Å². The molecule has 1 saturated heterocycles. The van der Waals surface area contributed by atoms with Gasteiger partial charge in [-0.1, -0.05) is 0 Å². The first-order chi connectivity index (χ1) is 16.4. The Hall–Kier alpha value is -3.57. The molecular formula is C23H23F2N5O3S. The molecule has 0 unspecified atom stereocenters. The number of nitrogens with zero attached hydrogens (tertiary/aromatic N) is 3. The summed E-state index contributed by atoms with van der Waals surface area (Å²) in [5.74, 6) is -1.33. The average molecular weight is 488 g/mol. The summed E-state index contributed by atoms with van der Waals surface area (Å²) in [5, 5.41) is 6.84. The van der Waals surface area contributed by atoms with E-state index in [1.807, 2.05) is 24.3 Å². The van der Waals surface area contributed by atoms with E-state index in [4.69, 9.17) is 4.74 Å². The number of hydrogen-bond acceptors (Lipinski definition) is 8. The van der Waals surface area contributed by atoms with Crippen LogP contribution in [0.5, 0.6) is 0 Å². The van der Waals surface area contributed by atoms with E-state index >= 15 is 0 Å². The Morgan fingerprint density at radius 2 is 1.82 bits per heavy atom. The summed E-state index contributed by atoms with van der Waals surface area (Å²) in [7, 11) is -2.50. The summed E-state index contributed by atoms with van der Waals surface area (Å²) in [4.78, 5) is 10.2. The van der Waals surface area contributed by atoms with Crippen molar-refractivity contribution >= 4 is 39.1 Å². The lowest BCUT2D eigenvalue weighted by Crippen LogP contribution is -2.36. The van der Waals surface area contributed by atoms with Gasteiger partial charge in [0.05, 0.1) is 13.2 Å². The molecule has 11 heteroatoms. The normalized spacial score (nSPS) is 14.4. The van der Waals surface area contributed by atoms with Gasteiger partial charge < -0.3 is 20.3 Å². The fourth-order valence-electron chi connectivity index (χ4n) is 3.42. The number of nitrogens with one attached hydrogen (secondary N) is 2. The minimum Gasteiger partial charge on any atom is -0.378 e. The second-order valence-corrected chi connectivity index (χ2v) is 9.24. The van der Waals surface area contributed by atoms with Crippen molar-refractivity contribution in [1.29, 1.82) is 0 Å². The van der Waals surface area contributed by atoms with Crippen LogP contribution in [0, 0.1) is 11.6 Å². The van der Waals surface area contributed by atoms with E-state index in [2.05, 4.69) is 25.5 Å². The van der Waals surface area contributed by atoms with E-state index in [1.54, 1.807) is 7.05 Å². The molecule has 2 N–H and O–H groups in total. The lowest BCUT2D eigenvalue weighted by molar-refractivity contribution is 0.122. The molecule has 0 radical (unpaired) electrons. The van der Waals surface area contributed by atoms with Crippen molar-refractivity contribution in [2.45, 2.75) is 4.90 Å². The van der Waals surface area contributed by atoms with Crippen LogP contribution in [0.4, 0.5) is 31.9 Å². The van der Waals surface area contributed by atoms with Crippen molar-refractivity contribution in [1.82, 2.24) is 9.97 Å². The Balaban J connectivity index is 1.49. The molecule has 0 saturated carbocycles. The van der Waals surface area contributed by atoms with E-state index in [0.717, 1.165) is 42.0 Å². The molecule has 2 aromatic carbocycles. The third-order valence-corrected chi connectivity index (χ3v) is 6.62. The molecule has 1 aliphatic rings. The monoisotopic (exact) mass is 487 g/mol. The van der Waals surface area contributed by atoms with Crippen LogP contribution < -0.4 is 15.5 Å². The molecule has 4 rings (SSSR count). The summed E-state index contributed by atoms with van der Waals surface area (Å²) in [6.07, 6.45) is 2.70. The van der Waals surface area contributed by atoms with Gasteiger partial charge in [-0.05, 0) is 42.5 Å². The highest BCUT2D eigenvalue weighted by molar-refractivity contribution is 7.94. The van der Waals surface area contributed by atoms with Crippen LogP contribution in [0.3, 0.4) is 0 Å². The zero-order chi connectivity index (χ0) is 24.1. The summed E-state index contributed by atoms with van der Waals surface area (Å²) < 4.78 is 57.3. The number of sulfone groups is 1. The molecule has 1 aliphatic heterocycles. The number of aromatic nitrogens is 2. The van der Waals surface area contributed by atoms with Crippen molar-refractivity contribution in [3.05, 3.63) is 71.3 Å². The molecule has 8 nitrogen and oxygen atoms in total. The van der Waals surface area contributed by atoms with Crippen molar-refractivity contribution < 1.29 is 21.9 Å². The summed E-state index contributed by atoms with van der Waals surface area (Å²) in [5.41, 5.74) is 2.27. The van der Waals surface area contributed by atoms with Crippen molar-refractivity contribution in [2.24, 2.45) is 0 Å². The Kier molecular flexibility index (Phi) is 7.03. The van der Waals surface area contributed by atoms with E-state index in [9.17, 15) is 17.2 Å². The first-order valence-corrected chi connectivity index (χ1v) is 12.0. The molecule has 0 spiro atoms. The van der Waals surface area contributed by atoms with Crippen molar-refractivity contribution in [3.63, 3.8) is 0 Å². The van der Waals surface area contributed by atoms with Gasteiger partial charge in [-0.15, -0.1) is 0 Å². The molecule has 2 heterocycles. The van der Waals surface area contributed by atoms with Gasteiger partial charge in [0.15, 0.2) is 0 Å². The molecule has 0 atom stereocenters. The Morgan fingerprint density at radius 1 is 1.09 bits per heavy atom. The van der Waals surface area contributed by atoms with Gasteiger partial charge in [0, 0.05) is 54.7 Å². The molecular weight excluding hydrogens is 464 g/mol. The molecule has 1 fully saturated rings. The Bertz CT molecular complexity index is 1290. The largest absolute Gasteiger partial charge is 0.378 e. The molecule has 0 amide bonds. The highest BCUT2D eigenvalue weighted by Crippen LogP contribution is 2.24. The maximum absolute atomic E-state index is 13.9. The first-order valence-electron chi connectivity index (χ1n) is 10.5. The highest BCUT2D eigenvalue weighted by atomic mass is 32.2. The minimum absolute atomic E-state index is 0.313. The maximum atomic E-state index is 13.9. The minimum atomic E-state index is -4.14. The van der Waals surface area contributed by atoms with E-state index in [-0.39, 0.29) is 0 Å². The SMILES string of the molecule is CNc1nc(Nc2ccc(N3CCOCC3)cc2)ncc1C=CS(=O)(=O)c1ccc(F)cc1F. The summed E-state index contributed by atoms with van der Waals surface area (Å²) in [6, 6.07) is 10.1. The molecule has 178 valence electrons. The number of anilines is 4. The fourth-order valence-corrected chi connectivity index (χ4v) is 4.48. The van der Waals surface area contributed by atoms with Gasteiger partial charge in [0.25, 0.3) is 0 Å². The lowest BCUT2D eigenvalue weighted by atomic mass is 10.2. The number of ether oxygens (including phenoxy) is 1. The number of benzene rings is 2. The second-order valence-electron chi connectivity index (χ2n) is 7.44. The zero-order valence-electron chi connectivity index (χ0n) is 18.3. The highest BCUT2D eigenvalue weighted by Gasteiger charge is 2.17. The quantitative estimate of drug-likeness (QED) is 0.486. The van der Waals surface area contributed by atoms with Gasteiger partial charge in [-0.3, -0.25) is 0 Å². The molecule has 0 aliphatic carbocycles. The number of hydrogen-bond donors (Lipinski definition) is 2. The summed E-state index contributed by atoms with van der Waals surface area (Å²) >= 11 is 0. The number of morpholine rings is 1. The van der Waals surface area contributed by atoms with Crippen LogP contribution in [0.15, 0.2) is 59.0 Å². The third kappa shape index (κ3) is 5.49. The number of rotatable bonds is 7. The van der Waals surface area contributed by atoms with Gasteiger partial charge in [0.2, 0.25) is 15.8 Å². The molecule has 34 heavy (non-hydrogen) atoms. The topological polar surface area (TPSA) is 96.4 Å². The van der Waals surface area contributed by atoms with Crippen LogP contribution >= 0.6 is 0 Å². The van der Waals surface area contributed by atoms with Gasteiger partial charge in [-0.2, -0.15) is 4.98 Å². The third-order valence-electron chi connectivity index (χ3n) is 5.18. The Labute approximate surface area is 196 Å². The van der Waals surface area contributed by atoms with Crippen LogP contribution in [0.1, 0.15) is 5.56 Å². The standard InChI is InChI=1S/C23H23F2N5O3S/c1-26-22-16(8-13-34(31,32)21-7-2-17(24)14-20(21)25)15-27-23(29-22)28-18-3-5-19(6-4-18)30-9-11-33-12-10-30/h2-8,13-15H,9-12H2,1H3,(H2,26,27,28,29). The molecule has 3 aromatic rings. The predicted octanol–water partition coefficient (Wildman–Crippen LogP) is 3.82. The van der Waals surface area contributed by atoms with E-state index < -0.39 is 26.4 Å². The maximum Gasteiger partial charge on any atom is 0.229 e.